The van der Waals surface area contributed by atoms with E-state index in [-0.39, 0.29) is 30.0 Å². The predicted molar refractivity (Wildman–Crippen MR) is 104 cm³/mol. The van der Waals surface area contributed by atoms with Crippen LogP contribution in [-0.2, 0) is 4.79 Å². The molecule has 0 aromatic heterocycles. The summed E-state index contributed by atoms with van der Waals surface area (Å²) < 4.78 is 29.9. The summed E-state index contributed by atoms with van der Waals surface area (Å²) in [7, 11) is 1.56. The number of carbonyl (C=O) groups is 2. The van der Waals surface area contributed by atoms with Crippen LogP contribution in [0.25, 0.3) is 0 Å². The van der Waals surface area contributed by atoms with Gasteiger partial charge in [0.25, 0.3) is 5.91 Å². The minimum atomic E-state index is -3.84. The van der Waals surface area contributed by atoms with Crippen LogP contribution in [0.15, 0.2) is 59.8 Å². The number of hydrogen-bond acceptors (Lipinski definition) is 4. The average Bonchev–Trinajstić information content (AvgIpc) is 3.02. The predicted octanol–water partition coefficient (Wildman–Crippen LogP) is 3.56. The van der Waals surface area contributed by atoms with Gasteiger partial charge >= 0.3 is 11.6 Å². The van der Waals surface area contributed by atoms with Crippen molar-refractivity contribution >= 4 is 29.2 Å². The fourth-order valence-corrected chi connectivity index (χ4v) is 3.61. The van der Waals surface area contributed by atoms with Crippen LogP contribution in [0.5, 0.6) is 11.5 Å². The molecule has 0 spiro atoms. The summed E-state index contributed by atoms with van der Waals surface area (Å²) in [6.45, 7) is 0.137. The highest BCUT2D eigenvalue weighted by atomic mass is 35.5. The van der Waals surface area contributed by atoms with E-state index in [1.54, 1.807) is 19.2 Å². The highest BCUT2D eigenvalue weighted by Crippen LogP contribution is 2.38. The van der Waals surface area contributed by atoms with Crippen LogP contribution < -0.4 is 15.0 Å². The van der Waals surface area contributed by atoms with Gasteiger partial charge in [0.15, 0.2) is 0 Å². The second kappa shape index (κ2) is 7.17. The third-order valence-electron chi connectivity index (χ3n) is 4.97. The summed E-state index contributed by atoms with van der Waals surface area (Å²) in [5.41, 5.74) is -1.81. The Labute approximate surface area is 175 Å². The quantitative estimate of drug-likeness (QED) is 0.719. The van der Waals surface area contributed by atoms with Crippen molar-refractivity contribution in [3.8, 4) is 11.5 Å². The summed E-state index contributed by atoms with van der Waals surface area (Å²) in [5.74, 6) is -0.415. The van der Waals surface area contributed by atoms with Crippen LogP contribution >= 0.6 is 11.6 Å². The van der Waals surface area contributed by atoms with Gasteiger partial charge in [-0.2, -0.15) is 0 Å². The van der Waals surface area contributed by atoms with Crippen molar-refractivity contribution in [3.63, 3.8) is 0 Å². The van der Waals surface area contributed by atoms with E-state index in [2.05, 4.69) is 10.1 Å². The third kappa shape index (κ3) is 3.63. The Morgan fingerprint density at radius 1 is 1.13 bits per heavy atom. The molecule has 4 rings (SSSR count). The van der Waals surface area contributed by atoms with Gasteiger partial charge in [-0.25, -0.2) is 4.79 Å². The van der Waals surface area contributed by atoms with E-state index >= 15 is 0 Å². The number of hydrogen-bond donors (Lipinski definition) is 2. The van der Waals surface area contributed by atoms with Gasteiger partial charge in [-0.1, -0.05) is 12.1 Å². The Morgan fingerprint density at radius 2 is 1.77 bits per heavy atom. The summed E-state index contributed by atoms with van der Waals surface area (Å²) in [5, 5.41) is 12.3. The van der Waals surface area contributed by atoms with Gasteiger partial charge in [0, 0.05) is 24.3 Å². The molecule has 2 heterocycles. The van der Waals surface area contributed by atoms with Crippen LogP contribution in [0.4, 0.5) is 19.3 Å². The first kappa shape index (κ1) is 20.0. The summed E-state index contributed by atoms with van der Waals surface area (Å²) in [4.78, 5) is 28.5. The first-order valence-electron chi connectivity index (χ1n) is 8.88. The average molecular weight is 436 g/mol. The molecular formula is C20H16ClF2N3O4. The Hall–Kier alpha value is -3.33. The minimum absolute atomic E-state index is 0.0661. The van der Waals surface area contributed by atoms with E-state index in [0.29, 0.717) is 22.5 Å². The van der Waals surface area contributed by atoms with E-state index in [4.69, 9.17) is 11.6 Å². The number of phenols is 1. The van der Waals surface area contributed by atoms with Gasteiger partial charge in [0.2, 0.25) is 0 Å². The van der Waals surface area contributed by atoms with Crippen molar-refractivity contribution < 1.29 is 28.2 Å². The summed E-state index contributed by atoms with van der Waals surface area (Å²) in [6.07, 6.45) is 0. The van der Waals surface area contributed by atoms with Crippen LogP contribution in [0.2, 0.25) is 0 Å². The summed E-state index contributed by atoms with van der Waals surface area (Å²) in [6, 6.07) is 10.6. The van der Waals surface area contributed by atoms with Gasteiger partial charge in [-0.15, -0.1) is 8.78 Å². The van der Waals surface area contributed by atoms with Gasteiger partial charge in [0.05, 0.1) is 23.9 Å². The molecule has 0 fully saturated rings. The number of alkyl halides is 3. The number of urea groups is 1. The van der Waals surface area contributed by atoms with Gasteiger partial charge in [-0.3, -0.25) is 9.69 Å². The normalized spacial score (nSPS) is 19.1. The number of ether oxygens (including phenoxy) is 1. The Bertz CT molecular complexity index is 1040. The number of benzene rings is 2. The van der Waals surface area contributed by atoms with Gasteiger partial charge in [0.1, 0.15) is 11.5 Å². The van der Waals surface area contributed by atoms with E-state index in [1.807, 2.05) is 0 Å². The molecule has 1 unspecified atom stereocenters. The SMILES string of the molecule is CN1C(=O)NC(c2ccc(O)cc2)C2=C1CN(c1ccc(OC(F)(F)Cl)cc1)C2=O. The maximum absolute atomic E-state index is 13.2. The van der Waals surface area contributed by atoms with Gasteiger partial charge < -0.3 is 20.1 Å². The third-order valence-corrected chi connectivity index (χ3v) is 5.05. The molecule has 30 heavy (non-hydrogen) atoms. The molecule has 2 aromatic carbocycles. The number of nitrogens with one attached hydrogen (secondary N) is 1. The van der Waals surface area contributed by atoms with Crippen LogP contribution in [0.3, 0.4) is 0 Å². The zero-order chi connectivity index (χ0) is 21.6. The van der Waals surface area contributed by atoms with Crippen molar-refractivity contribution in [1.29, 1.82) is 0 Å². The number of phenolic OH excluding ortho intramolecular Hbond substituents is 1. The molecule has 1 atom stereocenters. The molecule has 7 nitrogen and oxygen atoms in total. The lowest BCUT2D eigenvalue weighted by Gasteiger charge is -2.31. The van der Waals surface area contributed by atoms with E-state index in [9.17, 15) is 23.5 Å². The van der Waals surface area contributed by atoms with Crippen LogP contribution in [-0.4, -0.2) is 41.1 Å². The maximum atomic E-state index is 13.2. The fourth-order valence-electron chi connectivity index (χ4n) is 3.52. The molecule has 156 valence electrons. The van der Waals surface area contributed by atoms with E-state index < -0.39 is 11.6 Å². The van der Waals surface area contributed by atoms with Crippen molar-refractivity contribution in [2.24, 2.45) is 0 Å². The smallest absolute Gasteiger partial charge is 0.487 e. The first-order valence-corrected chi connectivity index (χ1v) is 9.26. The number of rotatable bonds is 4. The largest absolute Gasteiger partial charge is 0.508 e. The number of anilines is 1. The molecule has 0 bridgehead atoms. The van der Waals surface area contributed by atoms with Crippen molar-refractivity contribution in [2.75, 3.05) is 18.5 Å². The fraction of sp³-hybridized carbons (Fsp3) is 0.200. The molecule has 2 N–H and O–H groups in total. The van der Waals surface area contributed by atoms with E-state index in [0.717, 1.165) is 0 Å². The second-order valence-electron chi connectivity index (χ2n) is 6.83. The standard InChI is InChI=1S/C20H16ClF2N3O4/c1-25-15-10-26(12-4-8-14(9-5-12)30-20(21,22)23)18(28)16(15)17(24-19(25)29)11-2-6-13(27)7-3-11/h2-9,17,27H,10H2,1H3,(H,24,29). The lowest BCUT2D eigenvalue weighted by molar-refractivity contribution is -0.114. The number of halogens is 3. The molecule has 2 aliphatic rings. The molecule has 0 aliphatic carbocycles. The zero-order valence-electron chi connectivity index (χ0n) is 15.6. The van der Waals surface area contributed by atoms with E-state index in [1.165, 1.54) is 46.2 Å². The molecular weight excluding hydrogens is 420 g/mol. The molecule has 2 aromatic rings. The number of likely N-dealkylation sites (N-methyl/N-ethyl adjacent to an activating group) is 1. The van der Waals surface area contributed by atoms with Crippen molar-refractivity contribution in [3.05, 3.63) is 65.4 Å². The number of amides is 3. The Morgan fingerprint density at radius 3 is 2.37 bits per heavy atom. The highest BCUT2D eigenvalue weighted by Gasteiger charge is 2.43. The number of aromatic hydroxyl groups is 1. The van der Waals surface area contributed by atoms with Crippen LogP contribution in [0, 0.1) is 0 Å². The maximum Gasteiger partial charge on any atom is 0.487 e. The number of nitrogens with zero attached hydrogens (tertiary/aromatic N) is 2. The lowest BCUT2D eigenvalue weighted by Crippen LogP contribution is -2.45. The monoisotopic (exact) mass is 435 g/mol. The highest BCUT2D eigenvalue weighted by molar-refractivity contribution is 6.20. The van der Waals surface area contributed by atoms with Crippen molar-refractivity contribution in [2.45, 2.75) is 11.6 Å². The van der Waals surface area contributed by atoms with Gasteiger partial charge in [-0.05, 0) is 42.0 Å². The molecule has 10 heteroatoms. The van der Waals surface area contributed by atoms with Crippen molar-refractivity contribution in [1.82, 2.24) is 10.2 Å². The molecule has 0 saturated heterocycles. The Balaban J connectivity index is 1.64. The molecule has 3 amide bonds. The molecule has 0 saturated carbocycles. The summed E-state index contributed by atoms with van der Waals surface area (Å²) >= 11 is 4.77. The second-order valence-corrected chi connectivity index (χ2v) is 7.27. The molecule has 0 radical (unpaired) electrons. The first-order chi connectivity index (χ1) is 14.1. The topological polar surface area (TPSA) is 82.1 Å². The Kier molecular flexibility index (Phi) is 4.77. The minimum Gasteiger partial charge on any atom is -0.508 e. The molecule has 2 aliphatic heterocycles. The zero-order valence-corrected chi connectivity index (χ0v) is 16.4. The van der Waals surface area contributed by atoms with Crippen LogP contribution in [0.1, 0.15) is 11.6 Å². The lowest BCUT2D eigenvalue weighted by atomic mass is 9.95. The number of carbonyl (C=O) groups excluding carboxylic acids is 2.